The molecule has 26 heavy (non-hydrogen) atoms. The Morgan fingerprint density at radius 2 is 2.08 bits per heavy atom. The lowest BCUT2D eigenvalue weighted by molar-refractivity contribution is 0.415. The van der Waals surface area contributed by atoms with Gasteiger partial charge in [-0.3, -0.25) is 0 Å². The van der Waals surface area contributed by atoms with Crippen LogP contribution in [0.15, 0.2) is 34.8 Å². The molecule has 0 amide bonds. The van der Waals surface area contributed by atoms with Crippen LogP contribution in [0.1, 0.15) is 30.8 Å². The molecule has 1 aliphatic rings. The first-order valence-corrected chi connectivity index (χ1v) is 10.6. The maximum absolute atomic E-state index is 5.18. The Hall–Kier alpha value is -2.06. The van der Waals surface area contributed by atoms with E-state index in [-0.39, 0.29) is 0 Å². The topological polar surface area (TPSA) is 64.9 Å². The van der Waals surface area contributed by atoms with Crippen LogP contribution in [0.3, 0.4) is 0 Å². The maximum Gasteiger partial charge on any atom is 0.191 e. The average Bonchev–Trinajstić information content (AvgIpc) is 3.20. The van der Waals surface area contributed by atoms with Gasteiger partial charge in [-0.1, -0.05) is 18.2 Å². The van der Waals surface area contributed by atoms with Crippen molar-refractivity contribution in [3.63, 3.8) is 0 Å². The second-order valence-corrected chi connectivity index (χ2v) is 7.95. The third kappa shape index (κ3) is 4.02. The standard InChI is InChI=1S/C18H21N5OS2/c1-24-15-8-6-13(7-9-15)19-17-20-14(11-25-17)12-26-18-22-21-16-5-3-2-4-10-23(16)18/h6-9,11H,2-5,10,12H2,1H3,(H,19,20). The quantitative estimate of drug-likeness (QED) is 0.628. The van der Waals surface area contributed by atoms with E-state index in [1.54, 1.807) is 30.2 Å². The molecule has 1 N–H and O–H groups in total. The van der Waals surface area contributed by atoms with Gasteiger partial charge in [0, 0.05) is 29.8 Å². The second-order valence-electron chi connectivity index (χ2n) is 6.15. The highest BCUT2D eigenvalue weighted by Gasteiger charge is 2.15. The van der Waals surface area contributed by atoms with Gasteiger partial charge in [-0.15, -0.1) is 21.5 Å². The number of nitrogens with one attached hydrogen (secondary N) is 1. The number of thioether (sulfide) groups is 1. The van der Waals surface area contributed by atoms with Crippen LogP contribution in [0.5, 0.6) is 5.75 Å². The summed E-state index contributed by atoms with van der Waals surface area (Å²) in [5, 5.41) is 16.1. The second kappa shape index (κ2) is 8.09. The van der Waals surface area contributed by atoms with Crippen molar-refractivity contribution in [3.05, 3.63) is 41.2 Å². The van der Waals surface area contributed by atoms with Crippen LogP contribution in [0.25, 0.3) is 0 Å². The molecule has 0 bridgehead atoms. The molecule has 0 saturated carbocycles. The van der Waals surface area contributed by atoms with E-state index in [9.17, 15) is 0 Å². The van der Waals surface area contributed by atoms with Gasteiger partial charge in [-0.2, -0.15) is 0 Å². The molecule has 3 heterocycles. The summed E-state index contributed by atoms with van der Waals surface area (Å²) < 4.78 is 7.46. The zero-order valence-corrected chi connectivity index (χ0v) is 16.3. The predicted molar refractivity (Wildman–Crippen MR) is 106 cm³/mol. The van der Waals surface area contributed by atoms with Crippen LogP contribution < -0.4 is 10.1 Å². The van der Waals surface area contributed by atoms with Crippen molar-refractivity contribution in [2.24, 2.45) is 0 Å². The van der Waals surface area contributed by atoms with Crippen molar-refractivity contribution in [1.29, 1.82) is 0 Å². The number of thiazole rings is 1. The molecule has 0 spiro atoms. The third-order valence-electron chi connectivity index (χ3n) is 4.32. The molecule has 4 rings (SSSR count). The lowest BCUT2D eigenvalue weighted by atomic mass is 10.2. The van der Waals surface area contributed by atoms with Gasteiger partial charge < -0.3 is 14.6 Å². The molecule has 0 unspecified atom stereocenters. The van der Waals surface area contributed by atoms with E-state index in [0.717, 1.165) is 52.0 Å². The number of ether oxygens (including phenoxy) is 1. The number of rotatable bonds is 6. The van der Waals surface area contributed by atoms with E-state index in [4.69, 9.17) is 4.74 Å². The van der Waals surface area contributed by atoms with Crippen LogP contribution in [0.2, 0.25) is 0 Å². The summed E-state index contributed by atoms with van der Waals surface area (Å²) in [6.07, 6.45) is 4.75. The van der Waals surface area contributed by atoms with Gasteiger partial charge in [0.05, 0.1) is 12.8 Å². The number of anilines is 2. The van der Waals surface area contributed by atoms with Gasteiger partial charge in [0.25, 0.3) is 0 Å². The van der Waals surface area contributed by atoms with Gasteiger partial charge in [0.2, 0.25) is 0 Å². The minimum atomic E-state index is 0.804. The number of nitrogens with zero attached hydrogens (tertiary/aromatic N) is 4. The number of hydrogen-bond donors (Lipinski definition) is 1. The van der Waals surface area contributed by atoms with Gasteiger partial charge in [0.1, 0.15) is 11.6 Å². The number of hydrogen-bond acceptors (Lipinski definition) is 7. The number of benzene rings is 1. The Morgan fingerprint density at radius 1 is 1.19 bits per heavy atom. The average molecular weight is 388 g/mol. The fraction of sp³-hybridized carbons (Fsp3) is 0.389. The van der Waals surface area contributed by atoms with Crippen molar-refractivity contribution in [2.45, 2.75) is 43.1 Å². The lowest BCUT2D eigenvalue weighted by Gasteiger charge is -2.05. The first kappa shape index (κ1) is 17.4. The van der Waals surface area contributed by atoms with Gasteiger partial charge in [-0.05, 0) is 37.1 Å². The van der Waals surface area contributed by atoms with Crippen molar-refractivity contribution < 1.29 is 4.74 Å². The van der Waals surface area contributed by atoms with Crippen molar-refractivity contribution >= 4 is 33.9 Å². The summed E-state index contributed by atoms with van der Waals surface area (Å²) in [7, 11) is 1.67. The monoisotopic (exact) mass is 387 g/mol. The normalized spacial score (nSPS) is 13.9. The molecule has 0 radical (unpaired) electrons. The molecule has 1 aliphatic heterocycles. The van der Waals surface area contributed by atoms with Crippen molar-refractivity contribution in [2.75, 3.05) is 12.4 Å². The minimum absolute atomic E-state index is 0.804. The molecule has 3 aromatic rings. The molecular weight excluding hydrogens is 366 g/mol. The highest BCUT2D eigenvalue weighted by Crippen LogP contribution is 2.28. The van der Waals surface area contributed by atoms with E-state index < -0.39 is 0 Å². The van der Waals surface area contributed by atoms with Gasteiger partial charge >= 0.3 is 0 Å². The Balaban J connectivity index is 1.37. The zero-order chi connectivity index (χ0) is 17.8. The van der Waals surface area contributed by atoms with E-state index in [1.165, 1.54) is 19.3 Å². The highest BCUT2D eigenvalue weighted by molar-refractivity contribution is 7.98. The SMILES string of the molecule is COc1ccc(Nc2nc(CSc3nnc4n3CCCCC4)cs2)cc1. The van der Waals surface area contributed by atoms with Crippen LogP contribution in [-0.4, -0.2) is 26.9 Å². The molecule has 136 valence electrons. The predicted octanol–water partition coefficient (Wildman–Crippen LogP) is 4.51. The summed E-state index contributed by atoms with van der Waals surface area (Å²) >= 11 is 3.33. The number of aryl methyl sites for hydroxylation is 1. The molecular formula is C18H21N5OS2. The Kier molecular flexibility index (Phi) is 5.40. The summed E-state index contributed by atoms with van der Waals surface area (Å²) in [4.78, 5) is 4.68. The summed E-state index contributed by atoms with van der Waals surface area (Å²) in [5.74, 6) is 2.78. The first-order valence-electron chi connectivity index (χ1n) is 8.72. The van der Waals surface area contributed by atoms with E-state index in [2.05, 4.69) is 30.4 Å². The van der Waals surface area contributed by atoms with Gasteiger partial charge in [-0.25, -0.2) is 4.98 Å². The Morgan fingerprint density at radius 3 is 2.92 bits per heavy atom. The lowest BCUT2D eigenvalue weighted by Crippen LogP contribution is -2.02. The molecule has 0 saturated heterocycles. The molecule has 8 heteroatoms. The third-order valence-corrected chi connectivity index (χ3v) is 6.12. The van der Waals surface area contributed by atoms with Crippen LogP contribution >= 0.6 is 23.1 Å². The van der Waals surface area contributed by atoms with Crippen LogP contribution in [0.4, 0.5) is 10.8 Å². The molecule has 0 atom stereocenters. The Bertz CT molecular complexity index is 859. The minimum Gasteiger partial charge on any atom is -0.497 e. The summed E-state index contributed by atoms with van der Waals surface area (Å²) in [6, 6.07) is 7.84. The molecule has 2 aromatic heterocycles. The van der Waals surface area contributed by atoms with E-state index >= 15 is 0 Å². The molecule has 6 nitrogen and oxygen atoms in total. The summed E-state index contributed by atoms with van der Waals surface area (Å²) in [5.41, 5.74) is 2.06. The zero-order valence-electron chi connectivity index (χ0n) is 14.6. The Labute approximate surface area is 161 Å². The van der Waals surface area contributed by atoms with Gasteiger partial charge in [0.15, 0.2) is 10.3 Å². The fourth-order valence-corrected chi connectivity index (χ4v) is 4.64. The van der Waals surface area contributed by atoms with Crippen molar-refractivity contribution in [1.82, 2.24) is 19.7 Å². The molecule has 0 fully saturated rings. The summed E-state index contributed by atoms with van der Waals surface area (Å²) in [6.45, 7) is 1.03. The number of methoxy groups -OCH3 is 1. The highest BCUT2D eigenvalue weighted by atomic mass is 32.2. The van der Waals surface area contributed by atoms with Crippen molar-refractivity contribution in [3.8, 4) is 5.75 Å². The largest absolute Gasteiger partial charge is 0.497 e. The smallest absolute Gasteiger partial charge is 0.191 e. The van der Waals surface area contributed by atoms with E-state index in [1.807, 2.05) is 24.3 Å². The number of fused-ring (bicyclic) bond motifs is 1. The van der Waals surface area contributed by atoms with E-state index in [0.29, 0.717) is 0 Å². The number of aromatic nitrogens is 4. The molecule has 0 aliphatic carbocycles. The maximum atomic E-state index is 5.18. The van der Waals surface area contributed by atoms with Crippen LogP contribution in [0, 0.1) is 0 Å². The molecule has 1 aromatic carbocycles. The first-order chi connectivity index (χ1) is 12.8. The van der Waals surface area contributed by atoms with Crippen LogP contribution in [-0.2, 0) is 18.7 Å². The fourth-order valence-electron chi connectivity index (χ4n) is 2.93.